The van der Waals surface area contributed by atoms with Crippen molar-refractivity contribution in [1.82, 2.24) is 4.90 Å². The van der Waals surface area contributed by atoms with Crippen LogP contribution in [0.4, 0.5) is 5.69 Å². The highest BCUT2D eigenvalue weighted by Gasteiger charge is 2.29. The van der Waals surface area contributed by atoms with Gasteiger partial charge in [0.1, 0.15) is 5.75 Å². The van der Waals surface area contributed by atoms with Crippen LogP contribution >= 0.6 is 0 Å². The van der Waals surface area contributed by atoms with Crippen LogP contribution in [0.3, 0.4) is 0 Å². The monoisotopic (exact) mass is 246 g/mol. The predicted octanol–water partition coefficient (Wildman–Crippen LogP) is 2.69. The summed E-state index contributed by atoms with van der Waals surface area (Å²) in [4.78, 5) is 2.51. The van der Waals surface area contributed by atoms with Gasteiger partial charge in [-0.15, -0.1) is 0 Å². The first-order chi connectivity index (χ1) is 8.78. The van der Waals surface area contributed by atoms with Crippen LogP contribution in [0.15, 0.2) is 18.2 Å². The van der Waals surface area contributed by atoms with E-state index in [0.717, 1.165) is 18.3 Å². The summed E-state index contributed by atoms with van der Waals surface area (Å²) in [6.07, 6.45) is 3.97. The maximum absolute atomic E-state index is 5.34. The highest BCUT2D eigenvalue weighted by atomic mass is 16.5. The standard InChI is InChI=1S/C15H22N2O/c1-17-7-3-4-12(17)8-11-10-16-15-6-5-13(18-2)9-14(11)15/h5-6,9,11-12,16H,3-4,7-8,10H2,1-2H3/t11?,12-/m1/s1. The van der Waals surface area contributed by atoms with E-state index in [1.165, 1.54) is 37.1 Å². The summed E-state index contributed by atoms with van der Waals surface area (Å²) in [6.45, 7) is 2.34. The lowest BCUT2D eigenvalue weighted by molar-refractivity contribution is 0.285. The van der Waals surface area contributed by atoms with Crippen molar-refractivity contribution in [3.8, 4) is 5.75 Å². The molecule has 2 heterocycles. The molecule has 1 aromatic carbocycles. The van der Waals surface area contributed by atoms with Crippen molar-refractivity contribution < 1.29 is 4.74 Å². The molecular formula is C15H22N2O. The van der Waals surface area contributed by atoms with Gasteiger partial charge >= 0.3 is 0 Å². The number of nitrogens with zero attached hydrogens (tertiary/aromatic N) is 1. The molecule has 2 atom stereocenters. The van der Waals surface area contributed by atoms with Gasteiger partial charge in [-0.2, -0.15) is 0 Å². The van der Waals surface area contributed by atoms with Gasteiger partial charge in [-0.1, -0.05) is 0 Å². The highest BCUT2D eigenvalue weighted by Crippen LogP contribution is 2.38. The zero-order valence-electron chi connectivity index (χ0n) is 11.3. The van der Waals surface area contributed by atoms with Gasteiger partial charge in [0.25, 0.3) is 0 Å². The average Bonchev–Trinajstić information content (AvgIpc) is 2.97. The van der Waals surface area contributed by atoms with E-state index in [2.05, 4.69) is 29.4 Å². The second kappa shape index (κ2) is 4.81. The lowest BCUT2D eigenvalue weighted by Crippen LogP contribution is -2.27. The third-order valence-electron chi connectivity index (χ3n) is 4.47. The molecule has 0 aromatic heterocycles. The van der Waals surface area contributed by atoms with Crippen LogP contribution in [0.2, 0.25) is 0 Å². The molecule has 0 saturated carbocycles. The van der Waals surface area contributed by atoms with Gasteiger partial charge in [-0.05, 0) is 56.6 Å². The molecule has 1 aromatic rings. The lowest BCUT2D eigenvalue weighted by atomic mass is 9.93. The van der Waals surface area contributed by atoms with E-state index < -0.39 is 0 Å². The van der Waals surface area contributed by atoms with Gasteiger partial charge in [-0.25, -0.2) is 0 Å². The summed E-state index contributed by atoms with van der Waals surface area (Å²) in [5, 5.41) is 3.52. The number of methoxy groups -OCH3 is 1. The van der Waals surface area contributed by atoms with Crippen LogP contribution in [-0.2, 0) is 0 Å². The van der Waals surface area contributed by atoms with Gasteiger partial charge in [0.2, 0.25) is 0 Å². The minimum atomic E-state index is 0.639. The van der Waals surface area contributed by atoms with E-state index in [0.29, 0.717) is 5.92 Å². The number of likely N-dealkylation sites (tertiary alicyclic amines) is 1. The van der Waals surface area contributed by atoms with E-state index in [-0.39, 0.29) is 0 Å². The number of hydrogen-bond acceptors (Lipinski definition) is 3. The van der Waals surface area contributed by atoms with E-state index in [1.807, 2.05) is 6.07 Å². The first kappa shape index (κ1) is 11.8. The zero-order chi connectivity index (χ0) is 12.5. The fraction of sp³-hybridized carbons (Fsp3) is 0.600. The van der Waals surface area contributed by atoms with E-state index in [4.69, 9.17) is 4.74 Å². The maximum Gasteiger partial charge on any atom is 0.119 e. The second-order valence-electron chi connectivity index (χ2n) is 5.54. The molecule has 1 N–H and O–H groups in total. The van der Waals surface area contributed by atoms with Crippen molar-refractivity contribution in [1.29, 1.82) is 0 Å². The van der Waals surface area contributed by atoms with Gasteiger partial charge in [-0.3, -0.25) is 0 Å². The molecular weight excluding hydrogens is 224 g/mol. The smallest absolute Gasteiger partial charge is 0.119 e. The topological polar surface area (TPSA) is 24.5 Å². The molecule has 1 saturated heterocycles. The number of nitrogens with one attached hydrogen (secondary N) is 1. The molecule has 0 spiro atoms. The maximum atomic E-state index is 5.34. The molecule has 1 unspecified atom stereocenters. The van der Waals surface area contributed by atoms with Crippen LogP contribution in [0, 0.1) is 0 Å². The molecule has 3 rings (SSSR count). The zero-order valence-corrected chi connectivity index (χ0v) is 11.3. The molecule has 0 radical (unpaired) electrons. The molecule has 0 bridgehead atoms. The van der Waals surface area contributed by atoms with Crippen molar-refractivity contribution >= 4 is 5.69 Å². The Balaban J connectivity index is 1.76. The second-order valence-corrected chi connectivity index (χ2v) is 5.54. The van der Waals surface area contributed by atoms with Crippen molar-refractivity contribution in [2.75, 3.05) is 32.6 Å². The van der Waals surface area contributed by atoms with Crippen LogP contribution < -0.4 is 10.1 Å². The molecule has 0 amide bonds. The van der Waals surface area contributed by atoms with Gasteiger partial charge in [0, 0.05) is 24.2 Å². The van der Waals surface area contributed by atoms with Gasteiger partial charge in [0.05, 0.1) is 7.11 Å². The SMILES string of the molecule is COc1ccc2c(c1)C(C[C@H]1CCCN1C)CN2. The number of ether oxygens (including phenoxy) is 1. The lowest BCUT2D eigenvalue weighted by Gasteiger charge is -2.22. The Morgan fingerprint density at radius 3 is 3.06 bits per heavy atom. The quantitative estimate of drug-likeness (QED) is 0.887. The normalized spacial score (nSPS) is 27.0. The summed E-state index contributed by atoms with van der Waals surface area (Å²) < 4.78 is 5.34. The number of hydrogen-bond donors (Lipinski definition) is 1. The van der Waals surface area contributed by atoms with Gasteiger partial charge in [0.15, 0.2) is 0 Å². The molecule has 3 heteroatoms. The van der Waals surface area contributed by atoms with Crippen LogP contribution in [0.25, 0.3) is 0 Å². The Morgan fingerprint density at radius 2 is 2.33 bits per heavy atom. The van der Waals surface area contributed by atoms with Crippen LogP contribution in [0.5, 0.6) is 5.75 Å². The Labute approximate surface area is 109 Å². The van der Waals surface area contributed by atoms with Crippen molar-refractivity contribution in [3.05, 3.63) is 23.8 Å². The minimum Gasteiger partial charge on any atom is -0.497 e. The molecule has 98 valence electrons. The molecule has 0 aliphatic carbocycles. The minimum absolute atomic E-state index is 0.639. The largest absolute Gasteiger partial charge is 0.497 e. The molecule has 18 heavy (non-hydrogen) atoms. The summed E-state index contributed by atoms with van der Waals surface area (Å²) in [5.74, 6) is 1.61. The number of fused-ring (bicyclic) bond motifs is 1. The molecule has 2 aliphatic heterocycles. The Bertz CT molecular complexity index is 433. The number of rotatable bonds is 3. The summed E-state index contributed by atoms with van der Waals surface area (Å²) in [7, 11) is 4.00. The Morgan fingerprint density at radius 1 is 1.44 bits per heavy atom. The summed E-state index contributed by atoms with van der Waals surface area (Å²) >= 11 is 0. The fourth-order valence-electron chi connectivity index (χ4n) is 3.33. The third kappa shape index (κ3) is 2.07. The Kier molecular flexibility index (Phi) is 3.16. The molecule has 3 nitrogen and oxygen atoms in total. The van der Waals surface area contributed by atoms with E-state index in [1.54, 1.807) is 7.11 Å². The molecule has 1 fully saturated rings. The first-order valence-electron chi connectivity index (χ1n) is 6.90. The van der Waals surface area contributed by atoms with E-state index >= 15 is 0 Å². The summed E-state index contributed by atoms with van der Waals surface area (Å²) in [6, 6.07) is 7.14. The van der Waals surface area contributed by atoms with Crippen molar-refractivity contribution in [2.45, 2.75) is 31.2 Å². The summed E-state index contributed by atoms with van der Waals surface area (Å²) in [5.41, 5.74) is 2.73. The van der Waals surface area contributed by atoms with Crippen LogP contribution in [0.1, 0.15) is 30.7 Å². The van der Waals surface area contributed by atoms with Crippen LogP contribution in [-0.4, -0.2) is 38.2 Å². The average molecular weight is 246 g/mol. The Hall–Kier alpha value is -1.22. The molecule has 2 aliphatic rings. The number of anilines is 1. The predicted molar refractivity (Wildman–Crippen MR) is 74.5 cm³/mol. The van der Waals surface area contributed by atoms with Gasteiger partial charge < -0.3 is 15.0 Å². The van der Waals surface area contributed by atoms with Crippen molar-refractivity contribution in [3.63, 3.8) is 0 Å². The fourth-order valence-corrected chi connectivity index (χ4v) is 3.33. The van der Waals surface area contributed by atoms with Crippen molar-refractivity contribution in [2.24, 2.45) is 0 Å². The number of benzene rings is 1. The van der Waals surface area contributed by atoms with E-state index in [9.17, 15) is 0 Å². The highest BCUT2D eigenvalue weighted by molar-refractivity contribution is 5.60. The third-order valence-corrected chi connectivity index (χ3v) is 4.47. The first-order valence-corrected chi connectivity index (χ1v) is 6.90.